The number of carbonyl (C=O) groups is 2. The number of aryl methyl sites for hydroxylation is 1. The summed E-state index contributed by atoms with van der Waals surface area (Å²) in [5.74, 6) is -5.01. The molecule has 1 fully saturated rings. The number of nitrogens with one attached hydrogen (secondary N) is 1. The molecule has 0 spiro atoms. The fourth-order valence-corrected chi connectivity index (χ4v) is 4.39. The SMILES string of the molecule is CCn1cccc(N2C[C@@H](c3c(F)cc(OC)cc3F)C(NC(=O)c3ccc(OC(F)F)cc3)C2=O)c1=O. The Labute approximate surface area is 214 Å². The zero-order chi connectivity index (χ0) is 27.6. The summed E-state index contributed by atoms with van der Waals surface area (Å²) in [6.07, 6.45) is 1.54. The summed E-state index contributed by atoms with van der Waals surface area (Å²) in [5.41, 5.74) is -0.969. The fourth-order valence-electron chi connectivity index (χ4n) is 4.39. The van der Waals surface area contributed by atoms with Crippen LogP contribution in [0.3, 0.4) is 0 Å². The molecule has 1 aromatic heterocycles. The Morgan fingerprint density at radius 2 is 1.74 bits per heavy atom. The van der Waals surface area contributed by atoms with Gasteiger partial charge in [-0.2, -0.15) is 8.78 Å². The van der Waals surface area contributed by atoms with Crippen LogP contribution in [0.25, 0.3) is 0 Å². The Bertz CT molecular complexity index is 1390. The average molecular weight is 533 g/mol. The van der Waals surface area contributed by atoms with Crippen LogP contribution >= 0.6 is 0 Å². The number of pyridine rings is 1. The lowest BCUT2D eigenvalue weighted by molar-refractivity contribution is -0.118. The Morgan fingerprint density at radius 3 is 2.32 bits per heavy atom. The number of methoxy groups -OCH3 is 1. The molecule has 0 bridgehead atoms. The molecule has 1 unspecified atom stereocenters. The summed E-state index contributed by atoms with van der Waals surface area (Å²) in [7, 11) is 1.24. The standard InChI is InChI=1S/C26H23F4N3O5/c1-3-32-10-4-5-20(24(32)35)33-13-17(21-18(27)11-16(37-2)12-19(21)28)22(25(33)36)31-23(34)14-6-8-15(9-7-14)38-26(29)30/h4-12,17,22,26H,3,13H2,1-2H3,(H,31,34)/t17-,22?/m0/s1. The van der Waals surface area contributed by atoms with Gasteiger partial charge in [0.05, 0.1) is 7.11 Å². The number of ether oxygens (including phenoxy) is 2. The predicted molar refractivity (Wildman–Crippen MR) is 129 cm³/mol. The molecule has 1 saturated heterocycles. The monoisotopic (exact) mass is 533 g/mol. The third kappa shape index (κ3) is 5.20. The number of anilines is 1. The van der Waals surface area contributed by atoms with Crippen molar-refractivity contribution in [1.29, 1.82) is 0 Å². The van der Waals surface area contributed by atoms with Crippen LogP contribution in [-0.4, -0.2) is 42.7 Å². The number of rotatable bonds is 8. The van der Waals surface area contributed by atoms with Crippen LogP contribution in [0, 0.1) is 11.6 Å². The Hall–Kier alpha value is -4.35. The van der Waals surface area contributed by atoms with E-state index in [9.17, 15) is 23.2 Å². The Balaban J connectivity index is 1.72. The largest absolute Gasteiger partial charge is 0.497 e. The van der Waals surface area contributed by atoms with E-state index in [1.54, 1.807) is 13.0 Å². The number of halogens is 4. The fraction of sp³-hybridized carbons (Fsp3) is 0.269. The van der Waals surface area contributed by atoms with Crippen LogP contribution in [0.1, 0.15) is 28.8 Å². The van der Waals surface area contributed by atoms with Gasteiger partial charge in [0.25, 0.3) is 11.5 Å². The zero-order valence-electron chi connectivity index (χ0n) is 20.3. The molecular weight excluding hydrogens is 510 g/mol. The molecule has 0 aliphatic carbocycles. The van der Waals surface area contributed by atoms with Crippen molar-refractivity contribution in [1.82, 2.24) is 9.88 Å². The van der Waals surface area contributed by atoms with Gasteiger partial charge in [0.2, 0.25) is 5.91 Å². The smallest absolute Gasteiger partial charge is 0.387 e. The quantitative estimate of drug-likeness (QED) is 0.447. The molecule has 1 aliphatic rings. The highest BCUT2D eigenvalue weighted by Crippen LogP contribution is 2.36. The van der Waals surface area contributed by atoms with E-state index in [1.807, 2.05) is 0 Å². The van der Waals surface area contributed by atoms with Crippen LogP contribution in [0.15, 0.2) is 59.5 Å². The van der Waals surface area contributed by atoms with Crippen molar-refractivity contribution in [2.24, 2.45) is 0 Å². The lowest BCUT2D eigenvalue weighted by Gasteiger charge is -2.20. The average Bonchev–Trinajstić information content (AvgIpc) is 3.18. The zero-order valence-corrected chi connectivity index (χ0v) is 20.3. The first-order chi connectivity index (χ1) is 18.1. The van der Waals surface area contributed by atoms with Gasteiger partial charge in [0.1, 0.15) is 34.9 Å². The first-order valence-corrected chi connectivity index (χ1v) is 11.5. The van der Waals surface area contributed by atoms with Crippen molar-refractivity contribution in [3.63, 3.8) is 0 Å². The van der Waals surface area contributed by atoms with Gasteiger partial charge in [-0.25, -0.2) is 8.78 Å². The summed E-state index contributed by atoms with van der Waals surface area (Å²) in [6, 6.07) is 8.12. The van der Waals surface area contributed by atoms with E-state index < -0.39 is 53.1 Å². The Kier molecular flexibility index (Phi) is 7.70. The minimum absolute atomic E-state index is 0.0103. The first-order valence-electron chi connectivity index (χ1n) is 11.5. The highest BCUT2D eigenvalue weighted by molar-refractivity contribution is 6.05. The van der Waals surface area contributed by atoms with Crippen LogP contribution in [-0.2, 0) is 11.3 Å². The maximum absolute atomic E-state index is 15.1. The topological polar surface area (TPSA) is 89.9 Å². The second-order valence-electron chi connectivity index (χ2n) is 8.40. The molecule has 2 heterocycles. The minimum atomic E-state index is -3.05. The van der Waals surface area contributed by atoms with Crippen molar-refractivity contribution < 1.29 is 36.6 Å². The maximum Gasteiger partial charge on any atom is 0.387 e. The Morgan fingerprint density at radius 1 is 1.08 bits per heavy atom. The minimum Gasteiger partial charge on any atom is -0.497 e. The highest BCUT2D eigenvalue weighted by Gasteiger charge is 2.46. The van der Waals surface area contributed by atoms with Gasteiger partial charge in [-0.15, -0.1) is 0 Å². The number of alkyl halides is 2. The molecule has 2 amide bonds. The number of amides is 2. The van der Waals surface area contributed by atoms with E-state index in [-0.39, 0.29) is 29.3 Å². The molecule has 1 N–H and O–H groups in total. The predicted octanol–water partition coefficient (Wildman–Crippen LogP) is 3.69. The number of carbonyl (C=O) groups excluding carboxylic acids is 2. The second-order valence-corrected chi connectivity index (χ2v) is 8.40. The first kappa shape index (κ1) is 26.7. The molecule has 8 nitrogen and oxygen atoms in total. The lowest BCUT2D eigenvalue weighted by atomic mass is 9.92. The molecule has 200 valence electrons. The van der Waals surface area contributed by atoms with Gasteiger partial charge >= 0.3 is 6.61 Å². The summed E-state index contributed by atoms with van der Waals surface area (Å²) < 4.78 is 65.5. The number of aromatic nitrogens is 1. The number of benzene rings is 2. The van der Waals surface area contributed by atoms with Gasteiger partial charge in [0, 0.05) is 48.5 Å². The molecule has 2 aromatic carbocycles. The van der Waals surface area contributed by atoms with E-state index in [0.29, 0.717) is 6.54 Å². The van der Waals surface area contributed by atoms with Crippen LogP contribution in [0.5, 0.6) is 11.5 Å². The lowest BCUT2D eigenvalue weighted by Crippen LogP contribution is -2.44. The normalized spacial score (nSPS) is 17.1. The molecular formula is C26H23F4N3O5. The third-order valence-electron chi connectivity index (χ3n) is 6.23. The van der Waals surface area contributed by atoms with Crippen molar-refractivity contribution in [3.8, 4) is 11.5 Å². The molecule has 0 saturated carbocycles. The van der Waals surface area contributed by atoms with Gasteiger partial charge in [-0.05, 0) is 43.3 Å². The van der Waals surface area contributed by atoms with Crippen LogP contribution in [0.4, 0.5) is 23.2 Å². The van der Waals surface area contributed by atoms with E-state index in [1.165, 1.54) is 36.1 Å². The van der Waals surface area contributed by atoms with Crippen molar-refractivity contribution >= 4 is 17.5 Å². The van der Waals surface area contributed by atoms with Gasteiger partial charge in [-0.3, -0.25) is 14.4 Å². The molecule has 4 rings (SSSR count). The molecule has 12 heteroatoms. The van der Waals surface area contributed by atoms with Gasteiger partial charge in [-0.1, -0.05) is 0 Å². The number of nitrogens with zero attached hydrogens (tertiary/aromatic N) is 2. The van der Waals surface area contributed by atoms with Crippen LogP contribution < -0.4 is 25.2 Å². The van der Waals surface area contributed by atoms with Crippen LogP contribution in [0.2, 0.25) is 0 Å². The summed E-state index contributed by atoms with van der Waals surface area (Å²) in [4.78, 5) is 40.5. The number of hydrogen-bond acceptors (Lipinski definition) is 5. The van der Waals surface area contributed by atoms with E-state index in [4.69, 9.17) is 4.74 Å². The van der Waals surface area contributed by atoms with E-state index in [0.717, 1.165) is 29.2 Å². The molecule has 38 heavy (non-hydrogen) atoms. The van der Waals surface area contributed by atoms with Crippen molar-refractivity contribution in [3.05, 3.63) is 87.8 Å². The van der Waals surface area contributed by atoms with E-state index >= 15 is 8.78 Å². The molecule has 2 atom stereocenters. The third-order valence-corrected chi connectivity index (χ3v) is 6.23. The maximum atomic E-state index is 15.1. The van der Waals surface area contributed by atoms with Crippen molar-refractivity contribution in [2.45, 2.75) is 32.0 Å². The molecule has 1 aliphatic heterocycles. The van der Waals surface area contributed by atoms with Gasteiger partial charge in [0.15, 0.2) is 0 Å². The van der Waals surface area contributed by atoms with E-state index in [2.05, 4.69) is 10.1 Å². The van der Waals surface area contributed by atoms with Gasteiger partial charge < -0.3 is 24.3 Å². The molecule has 0 radical (unpaired) electrons. The summed E-state index contributed by atoms with van der Waals surface area (Å²) >= 11 is 0. The summed E-state index contributed by atoms with van der Waals surface area (Å²) in [6.45, 7) is -1.29. The number of hydrogen-bond donors (Lipinski definition) is 1. The van der Waals surface area contributed by atoms with Crippen molar-refractivity contribution in [2.75, 3.05) is 18.6 Å². The summed E-state index contributed by atoms with van der Waals surface area (Å²) in [5, 5.41) is 2.49. The highest BCUT2D eigenvalue weighted by atomic mass is 19.3. The second kappa shape index (κ2) is 11.0. The molecule has 3 aromatic rings.